The van der Waals surface area contributed by atoms with Gasteiger partial charge in [-0.15, -0.1) is 10.2 Å². The van der Waals surface area contributed by atoms with Crippen molar-refractivity contribution in [2.45, 2.75) is 6.92 Å². The Morgan fingerprint density at radius 3 is 2.45 bits per heavy atom. The molecule has 1 amide bonds. The topological polar surface area (TPSA) is 81.4 Å². The summed E-state index contributed by atoms with van der Waals surface area (Å²) < 4.78 is 7.05. The van der Waals surface area contributed by atoms with Crippen LogP contribution in [-0.2, 0) is 0 Å². The van der Waals surface area contributed by atoms with Crippen molar-refractivity contribution in [3.63, 3.8) is 0 Å². The Labute approximate surface area is 178 Å². The zero-order valence-corrected chi connectivity index (χ0v) is 17.0. The average molecular weight is 409 g/mol. The number of ether oxygens (including phenoxy) is 1. The quantitative estimate of drug-likeness (QED) is 0.472. The first-order valence-electron chi connectivity index (χ1n) is 9.82. The van der Waals surface area contributed by atoms with E-state index >= 15 is 0 Å². The molecule has 0 saturated heterocycles. The molecule has 7 heteroatoms. The first-order valence-corrected chi connectivity index (χ1v) is 9.82. The molecule has 0 bridgehead atoms. The molecule has 2 heterocycles. The van der Waals surface area contributed by atoms with Crippen LogP contribution in [0.4, 0.5) is 5.69 Å². The van der Waals surface area contributed by atoms with E-state index in [1.165, 1.54) is 0 Å². The van der Waals surface area contributed by atoms with Crippen LogP contribution < -0.4 is 10.1 Å². The molecule has 5 rings (SSSR count). The van der Waals surface area contributed by atoms with Crippen molar-refractivity contribution < 1.29 is 9.53 Å². The highest BCUT2D eigenvalue weighted by Gasteiger charge is 2.18. The predicted octanol–water partition coefficient (Wildman–Crippen LogP) is 4.51. The van der Waals surface area contributed by atoms with Crippen LogP contribution in [-0.4, -0.2) is 32.8 Å². The number of rotatable bonds is 4. The zero-order valence-electron chi connectivity index (χ0n) is 17.0. The summed E-state index contributed by atoms with van der Waals surface area (Å²) in [6.07, 6.45) is 0. The number of para-hydroxylation sites is 2. The van der Waals surface area contributed by atoms with Crippen molar-refractivity contribution in [2.24, 2.45) is 0 Å². The fourth-order valence-electron chi connectivity index (χ4n) is 3.72. The molecule has 0 unspecified atom stereocenters. The molecule has 3 aromatic carbocycles. The monoisotopic (exact) mass is 409 g/mol. The molecule has 0 aliphatic heterocycles. The number of hydrogen-bond acceptors (Lipinski definition) is 5. The van der Waals surface area contributed by atoms with Crippen molar-refractivity contribution in [3.8, 4) is 17.1 Å². The second kappa shape index (κ2) is 7.53. The van der Waals surface area contributed by atoms with Gasteiger partial charge in [0.05, 0.1) is 24.1 Å². The third kappa shape index (κ3) is 3.16. The number of anilines is 1. The molecule has 5 aromatic rings. The molecule has 0 aliphatic rings. The Hall–Kier alpha value is -4.26. The molecule has 0 atom stereocenters. The van der Waals surface area contributed by atoms with Crippen LogP contribution in [0.3, 0.4) is 0 Å². The first-order chi connectivity index (χ1) is 15.2. The van der Waals surface area contributed by atoms with Gasteiger partial charge in [0.15, 0.2) is 11.5 Å². The number of carbonyl (C=O) groups excluding carboxylic acids is 1. The van der Waals surface area contributed by atoms with Gasteiger partial charge in [-0.05, 0) is 31.2 Å². The molecule has 1 N–H and O–H groups in total. The number of carbonyl (C=O) groups is 1. The molecule has 7 nitrogen and oxygen atoms in total. The van der Waals surface area contributed by atoms with Crippen molar-refractivity contribution in [2.75, 3.05) is 12.4 Å². The Kier molecular flexibility index (Phi) is 4.55. The van der Waals surface area contributed by atoms with Gasteiger partial charge in [0.1, 0.15) is 5.75 Å². The average Bonchev–Trinajstić information content (AvgIpc) is 3.23. The summed E-state index contributed by atoms with van der Waals surface area (Å²) in [4.78, 5) is 13.0. The lowest BCUT2D eigenvalue weighted by atomic mass is 10.1. The molecule has 0 spiro atoms. The van der Waals surface area contributed by atoms with E-state index in [9.17, 15) is 4.79 Å². The van der Waals surface area contributed by atoms with Crippen LogP contribution >= 0.6 is 0 Å². The van der Waals surface area contributed by atoms with Gasteiger partial charge in [-0.25, -0.2) is 0 Å². The Bertz CT molecular complexity index is 1440. The Morgan fingerprint density at radius 1 is 0.903 bits per heavy atom. The highest BCUT2D eigenvalue weighted by Crippen LogP contribution is 2.30. The molecule has 31 heavy (non-hydrogen) atoms. The van der Waals surface area contributed by atoms with Gasteiger partial charge in [-0.1, -0.05) is 48.5 Å². The second-order valence-corrected chi connectivity index (χ2v) is 7.09. The lowest BCUT2D eigenvalue weighted by molar-refractivity contribution is 0.102. The van der Waals surface area contributed by atoms with Gasteiger partial charge in [-0.2, -0.15) is 9.61 Å². The highest BCUT2D eigenvalue weighted by atomic mass is 16.5. The van der Waals surface area contributed by atoms with E-state index in [0.29, 0.717) is 28.5 Å². The molecule has 0 aliphatic carbocycles. The zero-order chi connectivity index (χ0) is 21.4. The second-order valence-electron chi connectivity index (χ2n) is 7.09. The van der Waals surface area contributed by atoms with E-state index in [4.69, 9.17) is 9.84 Å². The number of nitrogens with zero attached hydrogens (tertiary/aromatic N) is 4. The summed E-state index contributed by atoms with van der Waals surface area (Å²) in [5.74, 6) is 0.794. The van der Waals surface area contributed by atoms with E-state index in [-0.39, 0.29) is 5.91 Å². The molecule has 2 aromatic heterocycles. The summed E-state index contributed by atoms with van der Waals surface area (Å²) in [7, 11) is 1.54. The largest absolute Gasteiger partial charge is 0.496 e. The minimum absolute atomic E-state index is 0.270. The summed E-state index contributed by atoms with van der Waals surface area (Å²) in [6, 6.07) is 22.5. The number of methoxy groups -OCH3 is 1. The van der Waals surface area contributed by atoms with Gasteiger partial charge in [0.2, 0.25) is 0 Å². The number of aryl methyl sites for hydroxylation is 1. The molecule has 0 saturated carbocycles. The van der Waals surface area contributed by atoms with Gasteiger partial charge < -0.3 is 10.1 Å². The summed E-state index contributed by atoms with van der Waals surface area (Å²) in [5.41, 5.74) is 3.33. The molecule has 0 radical (unpaired) electrons. The lowest BCUT2D eigenvalue weighted by Crippen LogP contribution is -2.14. The fourth-order valence-corrected chi connectivity index (χ4v) is 3.72. The Balaban J connectivity index is 1.62. The van der Waals surface area contributed by atoms with Crippen molar-refractivity contribution >= 4 is 28.0 Å². The maximum absolute atomic E-state index is 13.0. The van der Waals surface area contributed by atoms with E-state index in [0.717, 1.165) is 22.0 Å². The van der Waals surface area contributed by atoms with E-state index in [2.05, 4.69) is 15.5 Å². The van der Waals surface area contributed by atoms with Crippen LogP contribution in [0.1, 0.15) is 16.1 Å². The van der Waals surface area contributed by atoms with E-state index in [1.807, 2.05) is 61.5 Å². The summed E-state index contributed by atoms with van der Waals surface area (Å²) in [6.45, 7) is 1.96. The van der Waals surface area contributed by atoms with Crippen LogP contribution in [0.25, 0.3) is 27.8 Å². The van der Waals surface area contributed by atoms with Crippen molar-refractivity contribution in [1.29, 1.82) is 0 Å². The lowest BCUT2D eigenvalue weighted by Gasteiger charge is -2.12. The highest BCUT2D eigenvalue weighted by molar-refractivity contribution is 6.08. The molecular weight excluding hydrogens is 390 g/mol. The number of aromatic nitrogens is 4. The Morgan fingerprint density at radius 2 is 1.61 bits per heavy atom. The number of benzene rings is 3. The molecular formula is C24H19N5O2. The SMILES string of the molecule is COc1ccccc1C(=O)Nc1ccccc1-c1nnc2c3ccccc3c(C)nn12. The molecule has 152 valence electrons. The summed E-state index contributed by atoms with van der Waals surface area (Å²) in [5, 5.41) is 18.5. The van der Waals surface area contributed by atoms with Crippen LogP contribution in [0.15, 0.2) is 72.8 Å². The minimum Gasteiger partial charge on any atom is -0.496 e. The van der Waals surface area contributed by atoms with Crippen molar-refractivity contribution in [3.05, 3.63) is 84.1 Å². The predicted molar refractivity (Wildman–Crippen MR) is 119 cm³/mol. The van der Waals surface area contributed by atoms with Gasteiger partial charge in [-0.3, -0.25) is 4.79 Å². The third-order valence-corrected chi connectivity index (χ3v) is 5.22. The summed E-state index contributed by atoms with van der Waals surface area (Å²) >= 11 is 0. The number of hydrogen-bond donors (Lipinski definition) is 1. The first kappa shape index (κ1) is 18.7. The minimum atomic E-state index is -0.270. The van der Waals surface area contributed by atoms with Crippen LogP contribution in [0.2, 0.25) is 0 Å². The smallest absolute Gasteiger partial charge is 0.259 e. The van der Waals surface area contributed by atoms with E-state index in [1.54, 1.807) is 29.8 Å². The third-order valence-electron chi connectivity index (χ3n) is 5.22. The number of nitrogens with one attached hydrogen (secondary N) is 1. The number of amides is 1. The molecule has 0 fully saturated rings. The van der Waals surface area contributed by atoms with Crippen molar-refractivity contribution in [1.82, 2.24) is 19.8 Å². The fraction of sp³-hybridized carbons (Fsp3) is 0.0833. The van der Waals surface area contributed by atoms with E-state index < -0.39 is 0 Å². The number of fused-ring (bicyclic) bond motifs is 3. The maximum Gasteiger partial charge on any atom is 0.259 e. The maximum atomic E-state index is 13.0. The van der Waals surface area contributed by atoms with Gasteiger partial charge in [0, 0.05) is 16.3 Å². The van der Waals surface area contributed by atoms with Crippen LogP contribution in [0.5, 0.6) is 5.75 Å². The van der Waals surface area contributed by atoms with Gasteiger partial charge in [0.25, 0.3) is 5.91 Å². The van der Waals surface area contributed by atoms with Gasteiger partial charge >= 0.3 is 0 Å². The standard InChI is InChI=1S/C24H19N5O2/c1-15-16-9-3-4-10-17(16)22-26-27-23(29(22)28-15)18-11-5-7-13-20(18)25-24(30)19-12-6-8-14-21(19)31-2/h3-14H,1-2H3,(H,25,30). The van der Waals surface area contributed by atoms with Crippen LogP contribution in [0, 0.1) is 6.92 Å². The normalized spacial score (nSPS) is 11.0.